The first kappa shape index (κ1) is 23.7. The quantitative estimate of drug-likeness (QED) is 0.225. The fraction of sp³-hybridized carbons (Fsp3) is 0.0769. The van der Waals surface area contributed by atoms with Gasteiger partial charge in [-0.25, -0.2) is 4.79 Å². The van der Waals surface area contributed by atoms with Gasteiger partial charge in [-0.15, -0.1) is 11.3 Å². The van der Waals surface area contributed by atoms with Crippen LogP contribution >= 0.6 is 11.3 Å². The number of carbonyl (C=O) groups is 3. The maximum Gasteiger partial charge on any atom is 0.331 e. The second-order valence-electron chi connectivity index (χ2n) is 7.40. The van der Waals surface area contributed by atoms with Gasteiger partial charge in [-0.2, -0.15) is 5.10 Å². The smallest absolute Gasteiger partial charge is 0.331 e. The number of thiophene rings is 1. The highest BCUT2D eigenvalue weighted by Crippen LogP contribution is 2.23. The van der Waals surface area contributed by atoms with Gasteiger partial charge in [0.05, 0.1) is 17.1 Å². The first-order chi connectivity index (χ1) is 17.1. The SMILES string of the molecule is O=C(COC(=O)/C=C/c1cn(Cc2ccccc2)nc1-c1ccccc1)NNC(=O)c1cccs1. The maximum absolute atomic E-state index is 12.2. The van der Waals surface area contributed by atoms with Gasteiger partial charge in [0.2, 0.25) is 0 Å². The third kappa shape index (κ3) is 6.75. The number of esters is 1. The summed E-state index contributed by atoms with van der Waals surface area (Å²) in [6.45, 7) is 0.0447. The lowest BCUT2D eigenvalue weighted by Gasteiger charge is -2.06. The highest BCUT2D eigenvalue weighted by atomic mass is 32.1. The van der Waals surface area contributed by atoms with Gasteiger partial charge < -0.3 is 4.74 Å². The molecule has 0 fully saturated rings. The van der Waals surface area contributed by atoms with E-state index in [1.54, 1.807) is 23.6 Å². The van der Waals surface area contributed by atoms with Crippen molar-refractivity contribution in [3.8, 4) is 11.3 Å². The van der Waals surface area contributed by atoms with E-state index < -0.39 is 24.4 Å². The van der Waals surface area contributed by atoms with Crippen LogP contribution in [0.15, 0.2) is 90.4 Å². The summed E-state index contributed by atoms with van der Waals surface area (Å²) in [5.41, 5.74) is 7.94. The van der Waals surface area contributed by atoms with E-state index in [9.17, 15) is 14.4 Å². The minimum atomic E-state index is -0.695. The van der Waals surface area contributed by atoms with Crippen molar-refractivity contribution in [1.82, 2.24) is 20.6 Å². The fourth-order valence-electron chi connectivity index (χ4n) is 3.21. The molecule has 8 nitrogen and oxygen atoms in total. The molecule has 0 atom stereocenters. The van der Waals surface area contributed by atoms with Crippen LogP contribution in [0.1, 0.15) is 20.8 Å². The highest BCUT2D eigenvalue weighted by Gasteiger charge is 2.12. The third-order valence-corrected chi connectivity index (χ3v) is 5.70. The van der Waals surface area contributed by atoms with Crippen LogP contribution in [-0.4, -0.2) is 34.2 Å². The number of carbonyl (C=O) groups excluding carboxylic acids is 3. The summed E-state index contributed by atoms with van der Waals surface area (Å²) in [4.78, 5) is 36.3. The molecule has 176 valence electrons. The number of hydrazine groups is 1. The van der Waals surface area contributed by atoms with Crippen molar-refractivity contribution in [2.45, 2.75) is 6.54 Å². The van der Waals surface area contributed by atoms with E-state index >= 15 is 0 Å². The highest BCUT2D eigenvalue weighted by molar-refractivity contribution is 7.12. The van der Waals surface area contributed by atoms with E-state index in [4.69, 9.17) is 9.84 Å². The molecule has 4 rings (SSSR count). The number of rotatable bonds is 8. The van der Waals surface area contributed by atoms with Crippen molar-refractivity contribution in [3.63, 3.8) is 0 Å². The lowest BCUT2D eigenvalue weighted by atomic mass is 10.1. The van der Waals surface area contributed by atoms with Gasteiger partial charge in [0.25, 0.3) is 11.8 Å². The van der Waals surface area contributed by atoms with Crippen molar-refractivity contribution >= 4 is 35.2 Å². The van der Waals surface area contributed by atoms with E-state index in [1.165, 1.54) is 17.4 Å². The number of ether oxygens (including phenoxy) is 1. The van der Waals surface area contributed by atoms with Crippen molar-refractivity contribution in [1.29, 1.82) is 0 Å². The van der Waals surface area contributed by atoms with Crippen molar-refractivity contribution in [2.75, 3.05) is 6.61 Å². The molecular weight excluding hydrogens is 464 g/mol. The molecule has 0 radical (unpaired) electrons. The van der Waals surface area contributed by atoms with Gasteiger partial charge in [-0.05, 0) is 23.1 Å². The zero-order chi connectivity index (χ0) is 24.5. The van der Waals surface area contributed by atoms with Crippen molar-refractivity contribution in [2.24, 2.45) is 0 Å². The summed E-state index contributed by atoms with van der Waals surface area (Å²) in [5.74, 6) is -1.79. The standard InChI is InChI=1S/C26H22N4O4S/c31-23(27-28-26(33)22-12-7-15-35-22)18-34-24(32)14-13-21-17-30(16-19-8-3-1-4-9-19)29-25(21)20-10-5-2-6-11-20/h1-15,17H,16,18H2,(H,27,31)(H,28,33)/b14-13+. The summed E-state index contributed by atoms with van der Waals surface area (Å²) in [6, 6.07) is 22.9. The average Bonchev–Trinajstić information content (AvgIpc) is 3.56. The summed E-state index contributed by atoms with van der Waals surface area (Å²) in [6.07, 6.45) is 4.70. The van der Waals surface area contributed by atoms with Gasteiger partial charge in [0.1, 0.15) is 0 Å². The zero-order valence-corrected chi connectivity index (χ0v) is 19.4. The van der Waals surface area contributed by atoms with E-state index in [2.05, 4.69) is 10.9 Å². The van der Waals surface area contributed by atoms with Crippen LogP contribution in [0.4, 0.5) is 0 Å². The zero-order valence-electron chi connectivity index (χ0n) is 18.6. The summed E-state index contributed by atoms with van der Waals surface area (Å²) >= 11 is 1.24. The Morgan fingerprint density at radius 2 is 1.69 bits per heavy atom. The van der Waals surface area contributed by atoms with Crippen LogP contribution < -0.4 is 10.9 Å². The van der Waals surface area contributed by atoms with Crippen LogP contribution in [0.3, 0.4) is 0 Å². The Hall–Kier alpha value is -4.50. The molecule has 35 heavy (non-hydrogen) atoms. The van der Waals surface area contributed by atoms with Gasteiger partial charge in [-0.1, -0.05) is 66.7 Å². The number of nitrogens with zero attached hydrogens (tertiary/aromatic N) is 2. The predicted molar refractivity (Wildman–Crippen MR) is 133 cm³/mol. The molecule has 9 heteroatoms. The average molecular weight is 487 g/mol. The summed E-state index contributed by atoms with van der Waals surface area (Å²) in [5, 5.41) is 6.45. The first-order valence-corrected chi connectivity index (χ1v) is 11.6. The van der Waals surface area contributed by atoms with Crippen molar-refractivity contribution < 1.29 is 19.1 Å². The molecule has 0 bridgehead atoms. The predicted octanol–water partition coefficient (Wildman–Crippen LogP) is 3.68. The Balaban J connectivity index is 1.37. The van der Waals surface area contributed by atoms with Crippen LogP contribution in [0.2, 0.25) is 0 Å². The van der Waals surface area contributed by atoms with E-state index in [0.29, 0.717) is 11.4 Å². The molecule has 2 N–H and O–H groups in total. The number of amides is 2. The normalized spacial score (nSPS) is 10.7. The van der Waals surface area contributed by atoms with Crippen molar-refractivity contribution in [3.05, 3.63) is 106 Å². The number of nitrogens with one attached hydrogen (secondary N) is 2. The Kier molecular flexibility index (Phi) is 7.82. The van der Waals surface area contributed by atoms with E-state index in [1.807, 2.05) is 71.5 Å². The molecule has 0 spiro atoms. The second kappa shape index (κ2) is 11.6. The maximum atomic E-state index is 12.2. The first-order valence-electron chi connectivity index (χ1n) is 10.7. The fourth-order valence-corrected chi connectivity index (χ4v) is 3.82. The van der Waals surface area contributed by atoms with Gasteiger partial charge >= 0.3 is 5.97 Å². The van der Waals surface area contributed by atoms with Crippen LogP contribution in [0, 0.1) is 0 Å². The molecule has 4 aromatic rings. The van der Waals surface area contributed by atoms with E-state index in [0.717, 1.165) is 22.4 Å². The monoisotopic (exact) mass is 486 g/mol. The lowest BCUT2D eigenvalue weighted by Crippen LogP contribution is -2.43. The van der Waals surface area contributed by atoms with Gasteiger partial charge in [0, 0.05) is 23.4 Å². The molecule has 2 heterocycles. The minimum Gasteiger partial charge on any atom is -0.452 e. The van der Waals surface area contributed by atoms with Crippen LogP contribution in [0.25, 0.3) is 17.3 Å². The van der Waals surface area contributed by atoms with Crippen LogP contribution in [-0.2, 0) is 20.9 Å². The summed E-state index contributed by atoms with van der Waals surface area (Å²) in [7, 11) is 0. The number of hydrogen-bond acceptors (Lipinski definition) is 6. The minimum absolute atomic E-state index is 0.444. The Labute approximate surface area is 205 Å². The second-order valence-corrected chi connectivity index (χ2v) is 8.35. The lowest BCUT2D eigenvalue weighted by molar-refractivity contribution is -0.144. The number of benzene rings is 2. The molecule has 2 amide bonds. The van der Waals surface area contributed by atoms with Crippen LogP contribution in [0.5, 0.6) is 0 Å². The Bertz CT molecular complexity index is 1320. The largest absolute Gasteiger partial charge is 0.452 e. The summed E-state index contributed by atoms with van der Waals surface area (Å²) < 4.78 is 6.79. The van der Waals surface area contributed by atoms with E-state index in [-0.39, 0.29) is 0 Å². The molecule has 0 unspecified atom stereocenters. The number of hydrogen-bond donors (Lipinski definition) is 2. The molecule has 0 aliphatic rings. The Morgan fingerprint density at radius 1 is 0.943 bits per heavy atom. The number of aromatic nitrogens is 2. The molecule has 0 aliphatic carbocycles. The molecule has 0 saturated carbocycles. The molecular formula is C26H22N4O4S. The van der Waals surface area contributed by atoms with Gasteiger partial charge in [-0.3, -0.25) is 25.1 Å². The molecule has 0 saturated heterocycles. The molecule has 0 aliphatic heterocycles. The molecule has 2 aromatic carbocycles. The molecule has 2 aromatic heterocycles. The topological polar surface area (TPSA) is 102 Å². The Morgan fingerprint density at radius 3 is 2.40 bits per heavy atom. The third-order valence-electron chi connectivity index (χ3n) is 4.83. The van der Waals surface area contributed by atoms with Gasteiger partial charge in [0.15, 0.2) is 6.61 Å².